The van der Waals surface area contributed by atoms with Gasteiger partial charge in [0.25, 0.3) is 5.91 Å². The summed E-state index contributed by atoms with van der Waals surface area (Å²) in [5.74, 6) is 0.799. The Labute approximate surface area is 211 Å². The Bertz CT molecular complexity index is 1160. The zero-order chi connectivity index (χ0) is 23.7. The topological polar surface area (TPSA) is 36.4 Å². The Balaban J connectivity index is 1.35. The normalized spacial score (nSPS) is 19.9. The molecule has 2 aliphatic heterocycles. The third-order valence-corrected chi connectivity index (χ3v) is 8.24. The molecule has 0 N–H and O–H groups in total. The molecule has 3 heterocycles. The number of benzene rings is 2. The SMILES string of the molecule is CN1C(=O)c2ccccc2[C@H]1[C@@H](CCN1CCC(c2cccnc2)CC1)c1ccc(Cl)c(Cl)c1. The average Bonchev–Trinajstić information content (AvgIpc) is 3.12. The largest absolute Gasteiger partial charge is 0.334 e. The molecule has 2 aromatic carbocycles. The number of likely N-dealkylation sites (N-methyl/N-ethyl adjacent to an activating group) is 1. The minimum absolute atomic E-state index is 0.0196. The molecule has 1 amide bonds. The van der Waals surface area contributed by atoms with Crippen molar-refractivity contribution in [1.82, 2.24) is 14.8 Å². The summed E-state index contributed by atoms with van der Waals surface area (Å²) in [6, 6.07) is 18.1. The number of likely N-dealkylation sites (tertiary alicyclic amines) is 1. The first-order chi connectivity index (χ1) is 16.5. The molecule has 3 aromatic rings. The third-order valence-electron chi connectivity index (χ3n) is 7.50. The fraction of sp³-hybridized carbons (Fsp3) is 0.357. The molecule has 0 spiro atoms. The van der Waals surface area contributed by atoms with Gasteiger partial charge in [-0.15, -0.1) is 0 Å². The minimum Gasteiger partial charge on any atom is -0.334 e. The number of fused-ring (bicyclic) bond motifs is 1. The number of piperidine rings is 1. The summed E-state index contributed by atoms with van der Waals surface area (Å²) >= 11 is 12.7. The van der Waals surface area contributed by atoms with Crippen molar-refractivity contribution in [3.05, 3.63) is 99.3 Å². The maximum absolute atomic E-state index is 13.0. The molecule has 0 saturated carbocycles. The highest BCUT2D eigenvalue weighted by molar-refractivity contribution is 6.42. The number of halogens is 2. The van der Waals surface area contributed by atoms with E-state index in [4.69, 9.17) is 23.2 Å². The van der Waals surface area contributed by atoms with Crippen molar-refractivity contribution in [1.29, 1.82) is 0 Å². The van der Waals surface area contributed by atoms with Gasteiger partial charge in [-0.2, -0.15) is 0 Å². The highest BCUT2D eigenvalue weighted by Gasteiger charge is 2.39. The van der Waals surface area contributed by atoms with Crippen LogP contribution in [0.2, 0.25) is 10.0 Å². The highest BCUT2D eigenvalue weighted by Crippen LogP contribution is 2.45. The van der Waals surface area contributed by atoms with Crippen molar-refractivity contribution in [2.75, 3.05) is 26.7 Å². The van der Waals surface area contributed by atoms with E-state index in [0.29, 0.717) is 16.0 Å². The Morgan fingerprint density at radius 3 is 2.56 bits per heavy atom. The van der Waals surface area contributed by atoms with Gasteiger partial charge in [-0.3, -0.25) is 9.78 Å². The summed E-state index contributed by atoms with van der Waals surface area (Å²) in [5.41, 5.74) is 4.37. The lowest BCUT2D eigenvalue weighted by Gasteiger charge is -2.35. The van der Waals surface area contributed by atoms with Crippen LogP contribution in [0.4, 0.5) is 0 Å². The summed E-state index contributed by atoms with van der Waals surface area (Å²) < 4.78 is 0. The molecule has 2 atom stereocenters. The predicted molar refractivity (Wildman–Crippen MR) is 138 cm³/mol. The van der Waals surface area contributed by atoms with Crippen LogP contribution in [-0.2, 0) is 0 Å². The third kappa shape index (κ3) is 4.59. The van der Waals surface area contributed by atoms with E-state index in [-0.39, 0.29) is 17.9 Å². The van der Waals surface area contributed by atoms with Crippen LogP contribution in [0.1, 0.15) is 64.2 Å². The fourth-order valence-corrected chi connectivity index (χ4v) is 5.95. The summed E-state index contributed by atoms with van der Waals surface area (Å²) in [5, 5.41) is 1.11. The van der Waals surface area contributed by atoms with Crippen molar-refractivity contribution in [2.24, 2.45) is 0 Å². The van der Waals surface area contributed by atoms with Crippen LogP contribution in [0.15, 0.2) is 67.0 Å². The van der Waals surface area contributed by atoms with Gasteiger partial charge in [0.05, 0.1) is 16.1 Å². The second-order valence-electron chi connectivity index (χ2n) is 9.42. The van der Waals surface area contributed by atoms with E-state index < -0.39 is 0 Å². The van der Waals surface area contributed by atoms with E-state index in [1.807, 2.05) is 60.7 Å². The van der Waals surface area contributed by atoms with Gasteiger partial charge in [0.1, 0.15) is 0 Å². The minimum atomic E-state index is -0.0196. The van der Waals surface area contributed by atoms with Crippen LogP contribution in [0.3, 0.4) is 0 Å². The van der Waals surface area contributed by atoms with Crippen LogP contribution in [0.5, 0.6) is 0 Å². The van der Waals surface area contributed by atoms with Crippen LogP contribution in [0.25, 0.3) is 0 Å². The maximum Gasteiger partial charge on any atom is 0.254 e. The fourth-order valence-electron chi connectivity index (χ4n) is 5.64. The summed E-state index contributed by atoms with van der Waals surface area (Å²) in [6.07, 6.45) is 7.07. The first-order valence-electron chi connectivity index (χ1n) is 12.0. The van der Waals surface area contributed by atoms with E-state index in [9.17, 15) is 4.79 Å². The number of nitrogens with zero attached hydrogens (tertiary/aromatic N) is 3. The number of amides is 1. The van der Waals surface area contributed by atoms with E-state index in [1.165, 1.54) is 5.56 Å². The van der Waals surface area contributed by atoms with Crippen LogP contribution in [0, 0.1) is 0 Å². The van der Waals surface area contributed by atoms with Gasteiger partial charge in [-0.1, -0.05) is 53.5 Å². The van der Waals surface area contributed by atoms with Crippen molar-refractivity contribution in [3.63, 3.8) is 0 Å². The maximum atomic E-state index is 13.0. The molecule has 1 saturated heterocycles. The number of pyridine rings is 1. The molecule has 0 unspecified atom stereocenters. The Hall–Kier alpha value is -2.40. The second-order valence-corrected chi connectivity index (χ2v) is 10.2. The van der Waals surface area contributed by atoms with Crippen molar-refractivity contribution in [3.8, 4) is 0 Å². The molecule has 1 aromatic heterocycles. The van der Waals surface area contributed by atoms with E-state index in [1.54, 1.807) is 0 Å². The Kier molecular flexibility index (Phi) is 6.91. The quantitative estimate of drug-likeness (QED) is 0.389. The second kappa shape index (κ2) is 10.1. The van der Waals surface area contributed by atoms with Gasteiger partial charge in [-0.05, 0) is 85.8 Å². The first kappa shape index (κ1) is 23.3. The molecule has 4 nitrogen and oxygen atoms in total. The monoisotopic (exact) mass is 493 g/mol. The van der Waals surface area contributed by atoms with E-state index in [0.717, 1.165) is 55.6 Å². The number of aromatic nitrogens is 1. The van der Waals surface area contributed by atoms with E-state index >= 15 is 0 Å². The lowest BCUT2D eigenvalue weighted by molar-refractivity contribution is 0.0746. The van der Waals surface area contributed by atoms with Gasteiger partial charge in [0, 0.05) is 30.9 Å². The molecule has 6 heteroatoms. The van der Waals surface area contributed by atoms with Crippen molar-refractivity contribution >= 4 is 29.1 Å². The highest BCUT2D eigenvalue weighted by atomic mass is 35.5. The lowest BCUT2D eigenvalue weighted by atomic mass is 9.84. The molecule has 34 heavy (non-hydrogen) atoms. The van der Waals surface area contributed by atoms with Crippen molar-refractivity contribution in [2.45, 2.75) is 37.1 Å². The average molecular weight is 494 g/mol. The molecule has 176 valence electrons. The lowest BCUT2D eigenvalue weighted by Crippen LogP contribution is -2.35. The number of hydrogen-bond acceptors (Lipinski definition) is 3. The van der Waals surface area contributed by atoms with Gasteiger partial charge < -0.3 is 9.80 Å². The van der Waals surface area contributed by atoms with Crippen LogP contribution in [-0.4, -0.2) is 47.4 Å². The van der Waals surface area contributed by atoms with Gasteiger partial charge >= 0.3 is 0 Å². The Morgan fingerprint density at radius 1 is 1.03 bits per heavy atom. The molecule has 0 radical (unpaired) electrons. The summed E-state index contributed by atoms with van der Waals surface area (Å²) in [6.45, 7) is 3.12. The number of rotatable bonds is 6. The summed E-state index contributed by atoms with van der Waals surface area (Å²) in [4.78, 5) is 21.7. The Morgan fingerprint density at radius 2 is 1.82 bits per heavy atom. The smallest absolute Gasteiger partial charge is 0.254 e. The number of carbonyl (C=O) groups is 1. The van der Waals surface area contributed by atoms with Gasteiger partial charge in [0.15, 0.2) is 0 Å². The summed E-state index contributed by atoms with van der Waals surface area (Å²) in [7, 11) is 1.91. The molecule has 2 aliphatic rings. The molecule has 1 fully saturated rings. The standard InChI is InChI=1S/C28H29Cl2N3O/c1-32-27(23-6-2-3-7-24(23)28(32)34)22(20-8-9-25(29)26(30)17-20)12-16-33-14-10-19(11-15-33)21-5-4-13-31-18-21/h2-9,13,17-19,22,27H,10-12,14-16H2,1H3/t22-,27+/m0/s1. The van der Waals surface area contributed by atoms with Crippen LogP contribution < -0.4 is 0 Å². The van der Waals surface area contributed by atoms with Crippen molar-refractivity contribution < 1.29 is 4.79 Å². The van der Waals surface area contributed by atoms with Gasteiger partial charge in [-0.25, -0.2) is 0 Å². The molecular formula is C28H29Cl2N3O. The number of hydrogen-bond donors (Lipinski definition) is 0. The molecule has 0 bridgehead atoms. The zero-order valence-electron chi connectivity index (χ0n) is 19.3. The molecular weight excluding hydrogens is 465 g/mol. The van der Waals surface area contributed by atoms with E-state index in [2.05, 4.69) is 28.1 Å². The molecule has 5 rings (SSSR count). The number of carbonyl (C=O) groups excluding carboxylic acids is 1. The molecule has 0 aliphatic carbocycles. The first-order valence-corrected chi connectivity index (χ1v) is 12.7. The zero-order valence-corrected chi connectivity index (χ0v) is 20.8. The predicted octanol–water partition coefficient (Wildman–Crippen LogP) is 6.57. The van der Waals surface area contributed by atoms with Crippen LogP contribution >= 0.6 is 23.2 Å². The van der Waals surface area contributed by atoms with Gasteiger partial charge in [0.2, 0.25) is 0 Å².